The Labute approximate surface area is 120 Å². The van der Waals surface area contributed by atoms with Crippen LogP contribution in [0.25, 0.3) is 0 Å². The second kappa shape index (κ2) is 6.88. The lowest BCUT2D eigenvalue weighted by Gasteiger charge is -2.35. The Bertz CT molecular complexity index is 442. The zero-order valence-electron chi connectivity index (χ0n) is 12.5. The first-order valence-electron chi connectivity index (χ1n) is 7.54. The first-order chi connectivity index (χ1) is 9.58. The van der Waals surface area contributed by atoms with E-state index < -0.39 is 5.97 Å². The van der Waals surface area contributed by atoms with Gasteiger partial charge >= 0.3 is 5.97 Å². The second-order valence-corrected chi connectivity index (χ2v) is 5.94. The van der Waals surface area contributed by atoms with Crippen molar-refractivity contribution in [1.82, 2.24) is 14.5 Å². The lowest BCUT2D eigenvalue weighted by atomic mass is 9.97. The van der Waals surface area contributed by atoms with Gasteiger partial charge in [-0.2, -0.15) is 0 Å². The van der Waals surface area contributed by atoms with Crippen LogP contribution in [0.1, 0.15) is 57.7 Å². The van der Waals surface area contributed by atoms with E-state index in [0.29, 0.717) is 12.1 Å². The molecule has 2 rings (SSSR count). The summed E-state index contributed by atoms with van der Waals surface area (Å²) in [7, 11) is 0. The number of nitrogens with zero attached hydrogens (tertiary/aromatic N) is 3. The van der Waals surface area contributed by atoms with E-state index in [0.717, 1.165) is 25.9 Å². The molecule has 1 aromatic heterocycles. The lowest BCUT2D eigenvalue weighted by molar-refractivity contribution is -0.137. The van der Waals surface area contributed by atoms with Gasteiger partial charge in [-0.1, -0.05) is 6.42 Å². The minimum atomic E-state index is -0.692. The van der Waals surface area contributed by atoms with Gasteiger partial charge in [-0.25, -0.2) is 4.98 Å². The van der Waals surface area contributed by atoms with Gasteiger partial charge < -0.3 is 9.67 Å². The molecule has 1 aromatic rings. The number of hydrogen-bond acceptors (Lipinski definition) is 3. The predicted octanol–water partition coefficient (Wildman–Crippen LogP) is 2.68. The van der Waals surface area contributed by atoms with E-state index in [1.807, 2.05) is 12.5 Å². The fourth-order valence-electron chi connectivity index (χ4n) is 3.01. The smallest absolute Gasteiger partial charge is 0.303 e. The Kier molecular flexibility index (Phi) is 5.17. The van der Waals surface area contributed by atoms with Crippen molar-refractivity contribution in [3.8, 4) is 0 Å². The van der Waals surface area contributed by atoms with E-state index in [1.165, 1.54) is 18.5 Å². The molecule has 5 nitrogen and oxygen atoms in total. The van der Waals surface area contributed by atoms with Crippen LogP contribution >= 0.6 is 0 Å². The fourth-order valence-corrected chi connectivity index (χ4v) is 3.01. The van der Waals surface area contributed by atoms with E-state index in [2.05, 4.69) is 28.3 Å². The molecule has 1 fully saturated rings. The van der Waals surface area contributed by atoms with Crippen LogP contribution in [-0.4, -0.2) is 38.1 Å². The third kappa shape index (κ3) is 3.82. The van der Waals surface area contributed by atoms with Crippen LogP contribution in [0.3, 0.4) is 0 Å². The van der Waals surface area contributed by atoms with Gasteiger partial charge in [-0.15, -0.1) is 0 Å². The Morgan fingerprint density at radius 2 is 2.30 bits per heavy atom. The van der Waals surface area contributed by atoms with Crippen molar-refractivity contribution in [1.29, 1.82) is 0 Å². The molecule has 0 aromatic carbocycles. The summed E-state index contributed by atoms with van der Waals surface area (Å²) < 4.78 is 2.20. The average Bonchev–Trinajstić information content (AvgIpc) is 2.86. The molecule has 5 heteroatoms. The minimum Gasteiger partial charge on any atom is -0.481 e. The maximum atomic E-state index is 10.8. The predicted molar refractivity (Wildman–Crippen MR) is 77.5 cm³/mol. The van der Waals surface area contributed by atoms with Crippen LogP contribution in [0.5, 0.6) is 0 Å². The quantitative estimate of drug-likeness (QED) is 0.869. The maximum Gasteiger partial charge on any atom is 0.303 e. The number of piperidine rings is 1. The molecule has 1 aliphatic heterocycles. The van der Waals surface area contributed by atoms with Gasteiger partial charge in [0.25, 0.3) is 0 Å². The largest absolute Gasteiger partial charge is 0.481 e. The van der Waals surface area contributed by atoms with Gasteiger partial charge in [0, 0.05) is 31.2 Å². The number of carboxylic acid groups (broad SMARTS) is 1. The van der Waals surface area contributed by atoms with Crippen molar-refractivity contribution in [2.75, 3.05) is 6.54 Å². The monoisotopic (exact) mass is 279 g/mol. The molecule has 0 saturated carbocycles. The molecular formula is C15H25N3O2. The van der Waals surface area contributed by atoms with Gasteiger partial charge in [0.1, 0.15) is 0 Å². The van der Waals surface area contributed by atoms with E-state index >= 15 is 0 Å². The molecule has 112 valence electrons. The maximum absolute atomic E-state index is 10.8. The molecule has 20 heavy (non-hydrogen) atoms. The highest BCUT2D eigenvalue weighted by Gasteiger charge is 2.24. The van der Waals surface area contributed by atoms with Crippen molar-refractivity contribution in [3.63, 3.8) is 0 Å². The second-order valence-electron chi connectivity index (χ2n) is 5.94. The van der Waals surface area contributed by atoms with E-state index in [-0.39, 0.29) is 6.42 Å². The summed E-state index contributed by atoms with van der Waals surface area (Å²) in [4.78, 5) is 17.5. The van der Waals surface area contributed by atoms with Gasteiger partial charge in [0.2, 0.25) is 0 Å². The first kappa shape index (κ1) is 15.0. The third-order valence-electron chi connectivity index (χ3n) is 4.11. The summed E-state index contributed by atoms with van der Waals surface area (Å²) in [5.74, 6) is -0.692. The minimum absolute atomic E-state index is 0.268. The molecule has 1 N–H and O–H groups in total. The van der Waals surface area contributed by atoms with Gasteiger partial charge in [0.15, 0.2) is 0 Å². The molecule has 0 bridgehead atoms. The van der Waals surface area contributed by atoms with E-state index in [1.54, 1.807) is 0 Å². The summed E-state index contributed by atoms with van der Waals surface area (Å²) in [6.45, 7) is 6.25. The zero-order chi connectivity index (χ0) is 14.5. The highest BCUT2D eigenvalue weighted by molar-refractivity contribution is 5.66. The van der Waals surface area contributed by atoms with Gasteiger partial charge in [-0.3, -0.25) is 9.69 Å². The number of rotatable bonds is 6. The van der Waals surface area contributed by atoms with Crippen LogP contribution in [0.2, 0.25) is 0 Å². The Morgan fingerprint density at radius 3 is 3.00 bits per heavy atom. The van der Waals surface area contributed by atoms with Crippen LogP contribution in [0.15, 0.2) is 12.5 Å². The van der Waals surface area contributed by atoms with Crippen LogP contribution < -0.4 is 0 Å². The lowest BCUT2D eigenvalue weighted by Crippen LogP contribution is -2.39. The number of hydrogen-bond donors (Lipinski definition) is 1. The SMILES string of the molecule is CC(C)n1cncc1CN1CCCCC1CCC(=O)O. The summed E-state index contributed by atoms with van der Waals surface area (Å²) in [5, 5.41) is 8.87. The highest BCUT2D eigenvalue weighted by atomic mass is 16.4. The van der Waals surface area contributed by atoms with Crippen molar-refractivity contribution in [2.24, 2.45) is 0 Å². The molecule has 1 aliphatic rings. The topological polar surface area (TPSA) is 58.4 Å². The molecule has 0 aliphatic carbocycles. The average molecular weight is 279 g/mol. The highest BCUT2D eigenvalue weighted by Crippen LogP contribution is 2.23. The van der Waals surface area contributed by atoms with Crippen LogP contribution in [-0.2, 0) is 11.3 Å². The van der Waals surface area contributed by atoms with Crippen molar-refractivity contribution in [2.45, 2.75) is 64.6 Å². The standard InChI is InChI=1S/C15H25N3O2/c1-12(2)18-11-16-9-14(18)10-17-8-4-3-5-13(17)6-7-15(19)20/h9,11-13H,3-8,10H2,1-2H3,(H,19,20). The van der Waals surface area contributed by atoms with Crippen molar-refractivity contribution < 1.29 is 9.90 Å². The summed E-state index contributed by atoms with van der Waals surface area (Å²) >= 11 is 0. The summed E-state index contributed by atoms with van der Waals surface area (Å²) in [5.41, 5.74) is 1.22. The molecule has 1 atom stereocenters. The number of aliphatic carboxylic acids is 1. The summed E-state index contributed by atoms with van der Waals surface area (Å²) in [6.07, 6.45) is 8.38. The number of likely N-dealkylation sites (tertiary alicyclic amines) is 1. The van der Waals surface area contributed by atoms with Crippen LogP contribution in [0, 0.1) is 0 Å². The Hall–Kier alpha value is -1.36. The van der Waals surface area contributed by atoms with Gasteiger partial charge in [0.05, 0.1) is 12.0 Å². The molecule has 0 radical (unpaired) electrons. The third-order valence-corrected chi connectivity index (χ3v) is 4.11. The molecule has 1 saturated heterocycles. The van der Waals surface area contributed by atoms with E-state index in [9.17, 15) is 4.79 Å². The van der Waals surface area contributed by atoms with Gasteiger partial charge in [-0.05, 0) is 39.7 Å². The fraction of sp³-hybridized carbons (Fsp3) is 0.733. The number of carboxylic acids is 1. The molecule has 0 amide bonds. The normalized spacial score (nSPS) is 20.4. The first-order valence-corrected chi connectivity index (χ1v) is 7.54. The number of imidazole rings is 1. The Morgan fingerprint density at radius 1 is 1.50 bits per heavy atom. The molecule has 2 heterocycles. The van der Waals surface area contributed by atoms with Crippen molar-refractivity contribution >= 4 is 5.97 Å². The summed E-state index contributed by atoms with van der Waals surface area (Å²) in [6, 6.07) is 0.810. The van der Waals surface area contributed by atoms with E-state index in [4.69, 9.17) is 5.11 Å². The Balaban J connectivity index is 2.00. The number of carbonyl (C=O) groups is 1. The molecule has 0 spiro atoms. The van der Waals surface area contributed by atoms with Crippen LogP contribution in [0.4, 0.5) is 0 Å². The zero-order valence-corrected chi connectivity index (χ0v) is 12.5. The number of aromatic nitrogens is 2. The molecular weight excluding hydrogens is 254 g/mol. The molecule has 1 unspecified atom stereocenters. The van der Waals surface area contributed by atoms with Crippen molar-refractivity contribution in [3.05, 3.63) is 18.2 Å².